The molecule has 0 amide bonds. The van der Waals surface area contributed by atoms with Gasteiger partial charge in [0.1, 0.15) is 12.2 Å². The minimum Gasteiger partial charge on any atom is -0.338 e. The first-order valence-electron chi connectivity index (χ1n) is 6.84. The Morgan fingerprint density at radius 1 is 1.48 bits per heavy atom. The molecule has 0 aromatic carbocycles. The molecule has 1 N–H and O–H groups in total. The molecule has 0 bridgehead atoms. The molecule has 7 nitrogen and oxygen atoms in total. The van der Waals surface area contributed by atoms with Gasteiger partial charge in [-0.2, -0.15) is 21.4 Å². The molecule has 3 aromatic rings. The maximum absolute atomic E-state index is 5.28. The standard InChI is InChI=1S/C13H14N6OS/c1-2-11-15-8-16-19(11)6-10(1)14-5-12-17-13(18-20-12)9-3-4-21-7-9/h3-4,7-8,10,14H,1-2,5-6H2/t10-/m1/s1. The van der Waals surface area contributed by atoms with Gasteiger partial charge in [-0.1, -0.05) is 5.16 Å². The molecule has 0 saturated heterocycles. The Bertz CT molecular complexity index is 719. The number of thiophene rings is 1. The number of hydrogen-bond acceptors (Lipinski definition) is 7. The summed E-state index contributed by atoms with van der Waals surface area (Å²) in [6.45, 7) is 1.41. The predicted octanol–water partition coefficient (Wildman–Crippen LogP) is 1.49. The number of nitrogens with zero attached hydrogens (tertiary/aromatic N) is 5. The van der Waals surface area contributed by atoms with E-state index >= 15 is 0 Å². The molecule has 0 unspecified atom stereocenters. The van der Waals surface area contributed by atoms with E-state index in [2.05, 4.69) is 25.5 Å². The van der Waals surface area contributed by atoms with Crippen LogP contribution in [0.2, 0.25) is 0 Å². The second-order valence-electron chi connectivity index (χ2n) is 5.00. The lowest BCUT2D eigenvalue weighted by Crippen LogP contribution is -2.37. The Kier molecular flexibility index (Phi) is 3.24. The van der Waals surface area contributed by atoms with Crippen LogP contribution < -0.4 is 5.32 Å². The Labute approximate surface area is 125 Å². The summed E-state index contributed by atoms with van der Waals surface area (Å²) in [5.74, 6) is 2.32. The predicted molar refractivity (Wildman–Crippen MR) is 76.6 cm³/mol. The molecule has 1 atom stereocenters. The lowest BCUT2D eigenvalue weighted by Gasteiger charge is -2.22. The topological polar surface area (TPSA) is 81.7 Å². The molecule has 1 aliphatic rings. The van der Waals surface area contributed by atoms with Gasteiger partial charge in [0.25, 0.3) is 0 Å². The second kappa shape index (κ2) is 5.38. The van der Waals surface area contributed by atoms with Crippen LogP contribution in [0.3, 0.4) is 0 Å². The van der Waals surface area contributed by atoms with Gasteiger partial charge in [-0.05, 0) is 17.9 Å². The van der Waals surface area contributed by atoms with Crippen LogP contribution in [0.1, 0.15) is 18.1 Å². The zero-order chi connectivity index (χ0) is 14.1. The van der Waals surface area contributed by atoms with Gasteiger partial charge in [0.15, 0.2) is 0 Å². The van der Waals surface area contributed by atoms with E-state index in [9.17, 15) is 0 Å². The summed E-state index contributed by atoms with van der Waals surface area (Å²) in [6, 6.07) is 2.34. The van der Waals surface area contributed by atoms with E-state index in [1.807, 2.05) is 21.5 Å². The third-order valence-corrected chi connectivity index (χ3v) is 4.28. The van der Waals surface area contributed by atoms with Crippen molar-refractivity contribution in [2.75, 3.05) is 0 Å². The average molecular weight is 302 g/mol. The van der Waals surface area contributed by atoms with Crippen molar-refractivity contribution in [2.45, 2.75) is 32.0 Å². The number of aryl methyl sites for hydroxylation is 1. The quantitative estimate of drug-likeness (QED) is 0.786. The van der Waals surface area contributed by atoms with Crippen LogP contribution in [-0.4, -0.2) is 30.9 Å². The van der Waals surface area contributed by atoms with E-state index in [4.69, 9.17) is 4.52 Å². The van der Waals surface area contributed by atoms with Crippen molar-refractivity contribution >= 4 is 11.3 Å². The molecule has 4 heterocycles. The highest BCUT2D eigenvalue weighted by Gasteiger charge is 2.20. The highest BCUT2D eigenvalue weighted by molar-refractivity contribution is 7.08. The maximum atomic E-state index is 5.28. The first-order chi connectivity index (χ1) is 10.4. The van der Waals surface area contributed by atoms with Gasteiger partial charge in [-0.15, -0.1) is 0 Å². The zero-order valence-corrected chi connectivity index (χ0v) is 12.1. The van der Waals surface area contributed by atoms with E-state index in [0.29, 0.717) is 24.3 Å². The van der Waals surface area contributed by atoms with Crippen molar-refractivity contribution < 1.29 is 4.52 Å². The molecule has 4 rings (SSSR count). The Hall–Kier alpha value is -2.06. The fraction of sp³-hybridized carbons (Fsp3) is 0.385. The minimum atomic E-state index is 0.357. The molecular formula is C13H14N6OS. The third kappa shape index (κ3) is 2.59. The van der Waals surface area contributed by atoms with Gasteiger partial charge in [0.2, 0.25) is 11.7 Å². The van der Waals surface area contributed by atoms with Gasteiger partial charge in [0, 0.05) is 23.4 Å². The van der Waals surface area contributed by atoms with Crippen LogP contribution in [0.15, 0.2) is 27.7 Å². The van der Waals surface area contributed by atoms with Gasteiger partial charge in [-0.3, -0.25) is 0 Å². The van der Waals surface area contributed by atoms with Crippen molar-refractivity contribution in [3.8, 4) is 11.4 Å². The average Bonchev–Trinajstić information content (AvgIpc) is 3.24. The number of rotatable bonds is 4. The molecule has 0 aliphatic carbocycles. The highest BCUT2D eigenvalue weighted by Crippen LogP contribution is 2.19. The Morgan fingerprint density at radius 2 is 2.48 bits per heavy atom. The van der Waals surface area contributed by atoms with Crippen LogP contribution in [0.25, 0.3) is 11.4 Å². The largest absolute Gasteiger partial charge is 0.338 e. The van der Waals surface area contributed by atoms with Gasteiger partial charge >= 0.3 is 0 Å². The van der Waals surface area contributed by atoms with Gasteiger partial charge < -0.3 is 9.84 Å². The summed E-state index contributed by atoms with van der Waals surface area (Å²) < 4.78 is 7.23. The van der Waals surface area contributed by atoms with E-state index in [1.165, 1.54) is 0 Å². The lowest BCUT2D eigenvalue weighted by molar-refractivity contribution is 0.320. The number of hydrogen-bond donors (Lipinski definition) is 1. The molecule has 0 saturated carbocycles. The number of nitrogens with one attached hydrogen (secondary N) is 1. The Balaban J connectivity index is 1.37. The molecule has 21 heavy (non-hydrogen) atoms. The monoisotopic (exact) mass is 302 g/mol. The second-order valence-corrected chi connectivity index (χ2v) is 5.78. The van der Waals surface area contributed by atoms with Crippen LogP contribution >= 0.6 is 11.3 Å². The molecule has 0 fully saturated rings. The Morgan fingerprint density at radius 3 is 3.38 bits per heavy atom. The summed E-state index contributed by atoms with van der Waals surface area (Å²) in [7, 11) is 0. The smallest absolute Gasteiger partial charge is 0.240 e. The van der Waals surface area contributed by atoms with Crippen molar-refractivity contribution in [3.63, 3.8) is 0 Å². The molecular weight excluding hydrogens is 288 g/mol. The first kappa shape index (κ1) is 12.7. The van der Waals surface area contributed by atoms with Crippen LogP contribution in [0.4, 0.5) is 0 Å². The van der Waals surface area contributed by atoms with Crippen LogP contribution in [0, 0.1) is 0 Å². The van der Waals surface area contributed by atoms with E-state index in [1.54, 1.807) is 17.7 Å². The molecule has 8 heteroatoms. The zero-order valence-electron chi connectivity index (χ0n) is 11.3. The van der Waals surface area contributed by atoms with Crippen molar-refractivity contribution in [1.82, 2.24) is 30.2 Å². The fourth-order valence-electron chi connectivity index (χ4n) is 2.47. The summed E-state index contributed by atoms with van der Waals surface area (Å²) in [5, 5.41) is 15.7. The van der Waals surface area contributed by atoms with Crippen molar-refractivity contribution in [2.24, 2.45) is 0 Å². The number of fused-ring (bicyclic) bond motifs is 1. The third-order valence-electron chi connectivity index (χ3n) is 3.59. The number of aromatic nitrogens is 5. The highest BCUT2D eigenvalue weighted by atomic mass is 32.1. The normalized spacial score (nSPS) is 17.8. The SMILES string of the molecule is c1nc2n(n1)C[C@H](NCc1nc(-c3ccsc3)no1)CC2. The summed E-state index contributed by atoms with van der Waals surface area (Å²) >= 11 is 1.62. The fourth-order valence-corrected chi connectivity index (χ4v) is 3.11. The van der Waals surface area contributed by atoms with Crippen LogP contribution in [0.5, 0.6) is 0 Å². The van der Waals surface area contributed by atoms with E-state index in [0.717, 1.165) is 30.8 Å². The lowest BCUT2D eigenvalue weighted by atomic mass is 10.1. The summed E-state index contributed by atoms with van der Waals surface area (Å²) in [5.41, 5.74) is 1.000. The maximum Gasteiger partial charge on any atom is 0.240 e. The van der Waals surface area contributed by atoms with Gasteiger partial charge in [-0.25, -0.2) is 9.67 Å². The molecule has 3 aromatic heterocycles. The molecule has 0 spiro atoms. The molecule has 108 valence electrons. The summed E-state index contributed by atoms with van der Waals surface area (Å²) in [4.78, 5) is 8.63. The summed E-state index contributed by atoms with van der Waals surface area (Å²) in [6.07, 6.45) is 3.61. The minimum absolute atomic E-state index is 0.357. The van der Waals surface area contributed by atoms with E-state index in [-0.39, 0.29) is 0 Å². The van der Waals surface area contributed by atoms with Crippen LogP contribution in [-0.2, 0) is 19.5 Å². The van der Waals surface area contributed by atoms with Gasteiger partial charge in [0.05, 0.1) is 13.1 Å². The van der Waals surface area contributed by atoms with E-state index < -0.39 is 0 Å². The van der Waals surface area contributed by atoms with Crippen molar-refractivity contribution in [1.29, 1.82) is 0 Å². The first-order valence-corrected chi connectivity index (χ1v) is 7.78. The molecule has 1 aliphatic heterocycles. The van der Waals surface area contributed by atoms with Crippen molar-refractivity contribution in [3.05, 3.63) is 34.9 Å². The molecule has 0 radical (unpaired) electrons.